The van der Waals surface area contributed by atoms with Crippen LogP contribution < -0.4 is 10.9 Å². The summed E-state index contributed by atoms with van der Waals surface area (Å²) in [5.41, 5.74) is 2.19. The van der Waals surface area contributed by atoms with Gasteiger partial charge in [-0.3, -0.25) is 9.69 Å². The number of piperidine rings is 1. The molecular formula is C20H29N5OS. The highest BCUT2D eigenvalue weighted by atomic mass is 32.1. The Balaban J connectivity index is 1.35. The van der Waals surface area contributed by atoms with Crippen molar-refractivity contribution in [1.29, 1.82) is 0 Å². The van der Waals surface area contributed by atoms with Crippen LogP contribution in [-0.4, -0.2) is 45.3 Å². The number of aromatic nitrogens is 3. The van der Waals surface area contributed by atoms with Crippen LogP contribution in [0.4, 0.5) is 5.13 Å². The molecule has 0 amide bonds. The lowest BCUT2D eigenvalue weighted by Crippen LogP contribution is -2.45. The zero-order valence-corrected chi connectivity index (χ0v) is 16.9. The Morgan fingerprint density at radius 3 is 2.96 bits per heavy atom. The molecule has 6 nitrogen and oxygen atoms in total. The van der Waals surface area contributed by atoms with Crippen LogP contribution in [0.15, 0.2) is 16.9 Å². The summed E-state index contributed by atoms with van der Waals surface area (Å²) in [4.78, 5) is 20.8. The van der Waals surface area contributed by atoms with E-state index in [1.54, 1.807) is 16.8 Å². The molecule has 0 radical (unpaired) electrons. The van der Waals surface area contributed by atoms with E-state index in [0.717, 1.165) is 36.9 Å². The third kappa shape index (κ3) is 4.58. The molecule has 1 aliphatic carbocycles. The van der Waals surface area contributed by atoms with Crippen LogP contribution in [-0.2, 0) is 19.4 Å². The zero-order valence-electron chi connectivity index (χ0n) is 16.1. The molecule has 0 bridgehead atoms. The molecule has 1 saturated heterocycles. The molecule has 0 spiro atoms. The molecule has 146 valence electrons. The summed E-state index contributed by atoms with van der Waals surface area (Å²) in [6.07, 6.45) is 8.63. The van der Waals surface area contributed by atoms with Crippen LogP contribution in [0, 0.1) is 6.92 Å². The monoisotopic (exact) mass is 387 g/mol. The Kier molecular flexibility index (Phi) is 5.88. The molecule has 0 saturated carbocycles. The fourth-order valence-corrected chi connectivity index (χ4v) is 5.21. The van der Waals surface area contributed by atoms with Gasteiger partial charge in [0.2, 0.25) is 0 Å². The number of fused-ring (bicyclic) bond motifs is 1. The Bertz CT molecular complexity index is 807. The molecule has 2 aromatic rings. The predicted molar refractivity (Wildman–Crippen MR) is 110 cm³/mol. The Morgan fingerprint density at radius 2 is 2.07 bits per heavy atom. The molecular weight excluding hydrogens is 358 g/mol. The van der Waals surface area contributed by atoms with Gasteiger partial charge in [-0.05, 0) is 58.1 Å². The van der Waals surface area contributed by atoms with Gasteiger partial charge in [0.05, 0.1) is 17.9 Å². The van der Waals surface area contributed by atoms with Crippen molar-refractivity contribution in [2.24, 2.45) is 0 Å². The number of thiazole rings is 1. The Labute approximate surface area is 164 Å². The van der Waals surface area contributed by atoms with Crippen molar-refractivity contribution in [3.63, 3.8) is 0 Å². The summed E-state index contributed by atoms with van der Waals surface area (Å²) in [6, 6.07) is 3.89. The van der Waals surface area contributed by atoms with Gasteiger partial charge in [-0.2, -0.15) is 5.10 Å². The number of rotatable bonds is 6. The predicted octanol–water partition coefficient (Wildman–Crippen LogP) is 2.85. The number of nitrogens with zero attached hydrogens (tertiary/aromatic N) is 4. The van der Waals surface area contributed by atoms with E-state index in [0.29, 0.717) is 12.6 Å². The third-order valence-corrected chi connectivity index (χ3v) is 6.80. The second kappa shape index (κ2) is 8.52. The lowest BCUT2D eigenvalue weighted by Gasteiger charge is -2.35. The van der Waals surface area contributed by atoms with Crippen molar-refractivity contribution < 1.29 is 0 Å². The van der Waals surface area contributed by atoms with Gasteiger partial charge in [0.25, 0.3) is 5.56 Å². The molecule has 3 heterocycles. The van der Waals surface area contributed by atoms with Crippen molar-refractivity contribution >= 4 is 16.5 Å². The standard InChI is InChI=1S/C20H29N5OS/c1-15-9-10-19(26)25(23-15)13-12-24-11-5-4-6-16(24)14-21-20-22-17-7-2-3-8-18(17)27-20/h9-10,16H,2-8,11-14H2,1H3,(H,21,22). The molecule has 0 aromatic carbocycles. The quantitative estimate of drug-likeness (QED) is 0.826. The van der Waals surface area contributed by atoms with E-state index < -0.39 is 0 Å². The zero-order chi connectivity index (χ0) is 18.6. The van der Waals surface area contributed by atoms with Crippen LogP contribution in [0.1, 0.15) is 48.4 Å². The summed E-state index contributed by atoms with van der Waals surface area (Å²) < 4.78 is 1.60. The fourth-order valence-electron chi connectivity index (χ4n) is 4.15. The lowest BCUT2D eigenvalue weighted by atomic mass is 10.0. The van der Waals surface area contributed by atoms with E-state index in [-0.39, 0.29) is 5.56 Å². The van der Waals surface area contributed by atoms with Crippen LogP contribution >= 0.6 is 11.3 Å². The largest absolute Gasteiger partial charge is 0.360 e. The Morgan fingerprint density at radius 1 is 1.19 bits per heavy atom. The smallest absolute Gasteiger partial charge is 0.266 e. The highest BCUT2D eigenvalue weighted by Gasteiger charge is 2.23. The summed E-state index contributed by atoms with van der Waals surface area (Å²) >= 11 is 1.84. The third-order valence-electron chi connectivity index (χ3n) is 5.68. The summed E-state index contributed by atoms with van der Waals surface area (Å²) in [5, 5.41) is 9.06. The van der Waals surface area contributed by atoms with E-state index in [4.69, 9.17) is 4.98 Å². The van der Waals surface area contributed by atoms with E-state index in [1.807, 2.05) is 18.3 Å². The number of likely N-dealkylation sites (tertiary alicyclic amines) is 1. The molecule has 27 heavy (non-hydrogen) atoms. The number of nitrogens with one attached hydrogen (secondary N) is 1. The molecule has 4 rings (SSSR count). The van der Waals surface area contributed by atoms with Crippen molar-refractivity contribution in [3.8, 4) is 0 Å². The molecule has 1 unspecified atom stereocenters. The highest BCUT2D eigenvalue weighted by Crippen LogP contribution is 2.29. The first-order valence-corrected chi connectivity index (χ1v) is 11.0. The topological polar surface area (TPSA) is 63.1 Å². The minimum Gasteiger partial charge on any atom is -0.360 e. The summed E-state index contributed by atoms with van der Waals surface area (Å²) in [5.74, 6) is 0. The Hall–Kier alpha value is -1.73. The molecule has 1 N–H and O–H groups in total. The van der Waals surface area contributed by atoms with Crippen molar-refractivity contribution in [2.45, 2.75) is 64.5 Å². The van der Waals surface area contributed by atoms with Gasteiger partial charge in [-0.15, -0.1) is 11.3 Å². The van der Waals surface area contributed by atoms with Crippen molar-refractivity contribution in [1.82, 2.24) is 19.7 Å². The summed E-state index contributed by atoms with van der Waals surface area (Å²) in [7, 11) is 0. The SMILES string of the molecule is Cc1ccc(=O)n(CCN2CCCCC2CNc2nc3c(s2)CCCC3)n1. The molecule has 1 aliphatic heterocycles. The highest BCUT2D eigenvalue weighted by molar-refractivity contribution is 7.15. The normalized spacial score (nSPS) is 20.4. The van der Waals surface area contributed by atoms with E-state index in [1.165, 1.54) is 49.1 Å². The van der Waals surface area contributed by atoms with Gasteiger partial charge in [0, 0.05) is 30.1 Å². The van der Waals surface area contributed by atoms with Gasteiger partial charge in [-0.1, -0.05) is 6.42 Å². The average molecular weight is 388 g/mol. The number of anilines is 1. The minimum atomic E-state index is -0.0133. The van der Waals surface area contributed by atoms with Gasteiger partial charge >= 0.3 is 0 Å². The number of aryl methyl sites for hydroxylation is 3. The van der Waals surface area contributed by atoms with Gasteiger partial charge in [0.1, 0.15) is 0 Å². The summed E-state index contributed by atoms with van der Waals surface area (Å²) in [6.45, 7) is 5.49. The maximum Gasteiger partial charge on any atom is 0.266 e. The first-order valence-electron chi connectivity index (χ1n) is 10.2. The maximum atomic E-state index is 12.0. The second-order valence-corrected chi connectivity index (χ2v) is 8.78. The van der Waals surface area contributed by atoms with Gasteiger partial charge in [-0.25, -0.2) is 9.67 Å². The van der Waals surface area contributed by atoms with Crippen molar-refractivity contribution in [3.05, 3.63) is 38.8 Å². The van der Waals surface area contributed by atoms with Crippen LogP contribution in [0.25, 0.3) is 0 Å². The molecule has 1 atom stereocenters. The second-order valence-electron chi connectivity index (χ2n) is 7.70. The first-order chi connectivity index (χ1) is 13.2. The van der Waals surface area contributed by atoms with Crippen LogP contribution in [0.3, 0.4) is 0 Å². The van der Waals surface area contributed by atoms with E-state index >= 15 is 0 Å². The lowest BCUT2D eigenvalue weighted by molar-refractivity contribution is 0.148. The van der Waals surface area contributed by atoms with Crippen LogP contribution in [0.5, 0.6) is 0 Å². The van der Waals surface area contributed by atoms with E-state index in [2.05, 4.69) is 15.3 Å². The van der Waals surface area contributed by atoms with Gasteiger partial charge < -0.3 is 5.32 Å². The number of hydrogen-bond donors (Lipinski definition) is 1. The van der Waals surface area contributed by atoms with Gasteiger partial charge in [0.15, 0.2) is 5.13 Å². The fraction of sp³-hybridized carbons (Fsp3) is 0.650. The molecule has 1 fully saturated rings. The number of hydrogen-bond acceptors (Lipinski definition) is 6. The minimum absolute atomic E-state index is 0.0133. The van der Waals surface area contributed by atoms with Crippen LogP contribution in [0.2, 0.25) is 0 Å². The average Bonchev–Trinajstić information content (AvgIpc) is 3.10. The maximum absolute atomic E-state index is 12.0. The molecule has 2 aliphatic rings. The van der Waals surface area contributed by atoms with Crippen molar-refractivity contribution in [2.75, 3.05) is 25.0 Å². The van der Waals surface area contributed by atoms with E-state index in [9.17, 15) is 4.79 Å². The molecule has 2 aromatic heterocycles. The molecule has 7 heteroatoms. The first kappa shape index (κ1) is 18.6.